The second kappa shape index (κ2) is 6.71. The minimum atomic E-state index is -0.437. The summed E-state index contributed by atoms with van der Waals surface area (Å²) in [5.74, 6) is 0.0559. The van der Waals surface area contributed by atoms with E-state index >= 15 is 0 Å². The number of hydrogen-bond acceptors (Lipinski definition) is 3. The highest BCUT2D eigenvalue weighted by Crippen LogP contribution is 2.27. The van der Waals surface area contributed by atoms with Crippen LogP contribution in [-0.2, 0) is 11.3 Å². The Kier molecular flexibility index (Phi) is 4.49. The van der Waals surface area contributed by atoms with Gasteiger partial charge in [0.05, 0.1) is 7.11 Å². The minimum Gasteiger partial charge on any atom is -0.496 e. The average Bonchev–Trinajstić information content (AvgIpc) is 2.59. The molecule has 0 N–H and O–H groups in total. The molecule has 0 bridgehead atoms. The summed E-state index contributed by atoms with van der Waals surface area (Å²) in [6, 6.07) is 18.7. The summed E-state index contributed by atoms with van der Waals surface area (Å²) < 4.78 is 10.7. The number of rotatable bonds is 4. The van der Waals surface area contributed by atoms with Crippen molar-refractivity contribution in [2.24, 2.45) is 0 Å². The Morgan fingerprint density at radius 3 is 2.35 bits per heavy atom. The summed E-state index contributed by atoms with van der Waals surface area (Å²) in [6.07, 6.45) is 0. The standard InChI is InChI=1S/C19H15ClO3/c1-22-18-11-14-7-3-2-6-13(14)10-16(18)19(21)23-12-15-8-4-5-9-17(15)20/h2-11H,12H2,1H3. The van der Waals surface area contributed by atoms with E-state index in [0.29, 0.717) is 16.3 Å². The maximum absolute atomic E-state index is 12.4. The molecule has 0 heterocycles. The van der Waals surface area contributed by atoms with Crippen molar-refractivity contribution in [3.63, 3.8) is 0 Å². The Labute approximate surface area is 139 Å². The zero-order valence-corrected chi connectivity index (χ0v) is 13.3. The molecule has 116 valence electrons. The lowest BCUT2D eigenvalue weighted by Crippen LogP contribution is -2.07. The van der Waals surface area contributed by atoms with Crippen LogP contribution in [0, 0.1) is 0 Å². The molecule has 4 heteroatoms. The first-order valence-electron chi connectivity index (χ1n) is 7.16. The van der Waals surface area contributed by atoms with E-state index in [-0.39, 0.29) is 6.61 Å². The van der Waals surface area contributed by atoms with Gasteiger partial charge in [0, 0.05) is 10.6 Å². The van der Waals surface area contributed by atoms with E-state index in [4.69, 9.17) is 21.1 Å². The lowest BCUT2D eigenvalue weighted by Gasteiger charge is -2.11. The third-order valence-electron chi connectivity index (χ3n) is 3.60. The number of methoxy groups -OCH3 is 1. The molecule has 0 radical (unpaired) electrons. The summed E-state index contributed by atoms with van der Waals surface area (Å²) in [6.45, 7) is 0.120. The van der Waals surface area contributed by atoms with Crippen LogP contribution in [0.15, 0.2) is 60.7 Å². The number of carbonyl (C=O) groups excluding carboxylic acids is 1. The van der Waals surface area contributed by atoms with Crippen LogP contribution in [0.2, 0.25) is 5.02 Å². The fraction of sp³-hybridized carbons (Fsp3) is 0.105. The highest BCUT2D eigenvalue weighted by Gasteiger charge is 2.15. The molecule has 3 rings (SSSR count). The van der Waals surface area contributed by atoms with E-state index in [0.717, 1.165) is 16.3 Å². The van der Waals surface area contributed by atoms with E-state index in [2.05, 4.69) is 0 Å². The lowest BCUT2D eigenvalue weighted by molar-refractivity contribution is 0.0469. The number of esters is 1. The zero-order valence-electron chi connectivity index (χ0n) is 12.6. The van der Waals surface area contributed by atoms with E-state index in [1.807, 2.05) is 48.5 Å². The smallest absolute Gasteiger partial charge is 0.342 e. The predicted octanol–water partition coefficient (Wildman–Crippen LogP) is 4.86. The maximum Gasteiger partial charge on any atom is 0.342 e. The molecule has 0 saturated carbocycles. The first-order chi connectivity index (χ1) is 11.2. The van der Waals surface area contributed by atoms with Gasteiger partial charge < -0.3 is 9.47 Å². The highest BCUT2D eigenvalue weighted by atomic mass is 35.5. The first-order valence-corrected chi connectivity index (χ1v) is 7.54. The molecule has 3 aromatic carbocycles. The molecule has 0 atom stereocenters. The molecule has 0 aliphatic rings. The van der Waals surface area contributed by atoms with Gasteiger partial charge in [-0.1, -0.05) is 54.1 Å². The molecular weight excluding hydrogens is 312 g/mol. The third-order valence-corrected chi connectivity index (χ3v) is 3.97. The van der Waals surface area contributed by atoms with E-state index in [1.54, 1.807) is 12.1 Å². The number of benzene rings is 3. The minimum absolute atomic E-state index is 0.120. The Balaban J connectivity index is 1.86. The zero-order chi connectivity index (χ0) is 16.2. The van der Waals surface area contributed by atoms with Gasteiger partial charge in [-0.15, -0.1) is 0 Å². The lowest BCUT2D eigenvalue weighted by atomic mass is 10.1. The van der Waals surface area contributed by atoms with Crippen LogP contribution in [-0.4, -0.2) is 13.1 Å². The van der Waals surface area contributed by atoms with Gasteiger partial charge in [-0.25, -0.2) is 4.79 Å². The summed E-state index contributed by atoms with van der Waals surface area (Å²) in [5.41, 5.74) is 1.17. The van der Waals surface area contributed by atoms with E-state index in [9.17, 15) is 4.79 Å². The topological polar surface area (TPSA) is 35.5 Å². The van der Waals surface area contributed by atoms with E-state index in [1.165, 1.54) is 7.11 Å². The SMILES string of the molecule is COc1cc2ccccc2cc1C(=O)OCc1ccccc1Cl. The molecule has 0 fully saturated rings. The third kappa shape index (κ3) is 3.30. The van der Waals surface area contributed by atoms with Crippen LogP contribution in [0.25, 0.3) is 10.8 Å². The van der Waals surface area contributed by atoms with Crippen molar-refractivity contribution in [3.05, 3.63) is 76.8 Å². The largest absolute Gasteiger partial charge is 0.496 e. The molecule has 3 aromatic rings. The van der Waals surface area contributed by atoms with Gasteiger partial charge >= 0.3 is 5.97 Å². The van der Waals surface area contributed by atoms with Crippen LogP contribution < -0.4 is 4.74 Å². The van der Waals surface area contributed by atoms with Crippen molar-refractivity contribution >= 4 is 28.3 Å². The average molecular weight is 327 g/mol. The quantitative estimate of drug-likeness (QED) is 0.642. The monoisotopic (exact) mass is 326 g/mol. The van der Waals surface area contributed by atoms with Crippen LogP contribution in [0.1, 0.15) is 15.9 Å². The highest BCUT2D eigenvalue weighted by molar-refractivity contribution is 6.31. The first kappa shape index (κ1) is 15.4. The molecular formula is C19H15ClO3. The number of fused-ring (bicyclic) bond motifs is 1. The summed E-state index contributed by atoms with van der Waals surface area (Å²) in [4.78, 5) is 12.4. The van der Waals surface area contributed by atoms with Crippen molar-refractivity contribution in [1.29, 1.82) is 0 Å². The number of ether oxygens (including phenoxy) is 2. The van der Waals surface area contributed by atoms with Gasteiger partial charge in [0.1, 0.15) is 17.9 Å². The molecule has 0 aliphatic carbocycles. The van der Waals surface area contributed by atoms with Crippen LogP contribution >= 0.6 is 11.6 Å². The molecule has 0 spiro atoms. The predicted molar refractivity (Wildman–Crippen MR) is 91.1 cm³/mol. The summed E-state index contributed by atoms with van der Waals surface area (Å²) >= 11 is 6.07. The Morgan fingerprint density at radius 2 is 1.65 bits per heavy atom. The van der Waals surface area contributed by atoms with Gasteiger partial charge in [0.15, 0.2) is 0 Å². The van der Waals surface area contributed by atoms with Crippen molar-refractivity contribution in [3.8, 4) is 5.75 Å². The van der Waals surface area contributed by atoms with Crippen LogP contribution in [0.3, 0.4) is 0 Å². The van der Waals surface area contributed by atoms with Gasteiger partial charge in [-0.2, -0.15) is 0 Å². The van der Waals surface area contributed by atoms with Crippen molar-refractivity contribution in [2.45, 2.75) is 6.61 Å². The molecule has 0 saturated heterocycles. The van der Waals surface area contributed by atoms with Crippen LogP contribution in [0.5, 0.6) is 5.75 Å². The van der Waals surface area contributed by atoms with Gasteiger partial charge in [0.2, 0.25) is 0 Å². The Hall–Kier alpha value is -2.52. The summed E-state index contributed by atoms with van der Waals surface area (Å²) in [5, 5.41) is 2.54. The molecule has 0 aromatic heterocycles. The molecule has 0 unspecified atom stereocenters. The molecule has 23 heavy (non-hydrogen) atoms. The number of halogens is 1. The van der Waals surface area contributed by atoms with Gasteiger partial charge in [-0.3, -0.25) is 0 Å². The fourth-order valence-electron chi connectivity index (χ4n) is 2.38. The number of carbonyl (C=O) groups is 1. The molecule has 0 aliphatic heterocycles. The second-order valence-corrected chi connectivity index (χ2v) is 5.47. The van der Waals surface area contributed by atoms with E-state index < -0.39 is 5.97 Å². The normalized spacial score (nSPS) is 10.5. The van der Waals surface area contributed by atoms with Gasteiger partial charge in [-0.05, 0) is 29.0 Å². The molecule has 3 nitrogen and oxygen atoms in total. The van der Waals surface area contributed by atoms with Crippen molar-refractivity contribution in [2.75, 3.05) is 7.11 Å². The maximum atomic E-state index is 12.4. The van der Waals surface area contributed by atoms with Crippen LogP contribution in [0.4, 0.5) is 0 Å². The van der Waals surface area contributed by atoms with Crippen molar-refractivity contribution in [1.82, 2.24) is 0 Å². The van der Waals surface area contributed by atoms with Gasteiger partial charge in [0.25, 0.3) is 0 Å². The second-order valence-electron chi connectivity index (χ2n) is 5.07. The summed E-state index contributed by atoms with van der Waals surface area (Å²) in [7, 11) is 1.54. The fourth-order valence-corrected chi connectivity index (χ4v) is 2.57. The molecule has 0 amide bonds. The number of hydrogen-bond donors (Lipinski definition) is 0. The Bertz CT molecular complexity index is 858. The van der Waals surface area contributed by atoms with Crippen molar-refractivity contribution < 1.29 is 14.3 Å². The Morgan fingerprint density at radius 1 is 1.00 bits per heavy atom.